The maximum Gasteiger partial charge on any atom is 0.337 e. The molecule has 4 N–H and O–H groups in total. The fourth-order valence-electron chi connectivity index (χ4n) is 1.47. The number of nitrogens with zero attached hydrogens (tertiary/aromatic N) is 2. The Hall–Kier alpha value is -2.57. The summed E-state index contributed by atoms with van der Waals surface area (Å²) in [5.41, 5.74) is 6.66. The van der Waals surface area contributed by atoms with E-state index in [9.17, 15) is 4.79 Å². The number of nitrogen functional groups attached to an aromatic ring is 1. The number of hydrogen-bond acceptors (Lipinski definition) is 6. The second-order valence-electron chi connectivity index (χ2n) is 3.75. The van der Waals surface area contributed by atoms with Crippen molar-refractivity contribution >= 4 is 17.5 Å². The van der Waals surface area contributed by atoms with E-state index in [-0.39, 0.29) is 11.4 Å². The van der Waals surface area contributed by atoms with Gasteiger partial charge >= 0.3 is 5.97 Å². The standard InChI is InChI=1S/C11H12N4O3/c1-6-2-7(18-15-6)4-13-9-5-14-10(12)3-8(9)11(16)17/h2-3,5,13H,4H2,1H3,(H2,12,14)(H,16,17). The van der Waals surface area contributed by atoms with Gasteiger partial charge in [0.2, 0.25) is 0 Å². The van der Waals surface area contributed by atoms with Crippen molar-refractivity contribution in [1.29, 1.82) is 0 Å². The molecule has 2 aromatic rings. The van der Waals surface area contributed by atoms with E-state index < -0.39 is 5.97 Å². The molecule has 0 bridgehead atoms. The van der Waals surface area contributed by atoms with Crippen LogP contribution in [0.1, 0.15) is 21.8 Å². The number of rotatable bonds is 4. The monoisotopic (exact) mass is 248 g/mol. The second kappa shape index (κ2) is 4.74. The molecule has 0 unspecified atom stereocenters. The van der Waals surface area contributed by atoms with Gasteiger partial charge in [-0.15, -0.1) is 0 Å². The molecular formula is C11H12N4O3. The van der Waals surface area contributed by atoms with Gasteiger partial charge in [0.15, 0.2) is 5.76 Å². The normalized spacial score (nSPS) is 10.3. The molecular weight excluding hydrogens is 236 g/mol. The maximum absolute atomic E-state index is 11.0. The van der Waals surface area contributed by atoms with Crippen molar-refractivity contribution in [2.45, 2.75) is 13.5 Å². The molecule has 18 heavy (non-hydrogen) atoms. The smallest absolute Gasteiger partial charge is 0.337 e. The Bertz CT molecular complexity index is 579. The Kier molecular flexibility index (Phi) is 3.13. The van der Waals surface area contributed by atoms with E-state index in [0.717, 1.165) is 5.69 Å². The van der Waals surface area contributed by atoms with Crippen molar-refractivity contribution in [3.63, 3.8) is 0 Å². The Labute approximate surface area is 103 Å². The van der Waals surface area contributed by atoms with Gasteiger partial charge in [0.05, 0.1) is 29.7 Å². The molecule has 0 aromatic carbocycles. The predicted molar refractivity (Wildman–Crippen MR) is 64.2 cm³/mol. The zero-order valence-electron chi connectivity index (χ0n) is 9.67. The minimum Gasteiger partial charge on any atom is -0.478 e. The van der Waals surface area contributed by atoms with E-state index >= 15 is 0 Å². The molecule has 7 nitrogen and oxygen atoms in total. The average molecular weight is 248 g/mol. The number of aromatic carboxylic acids is 1. The number of nitrogens with two attached hydrogens (primary N) is 1. The lowest BCUT2D eigenvalue weighted by Crippen LogP contribution is -2.08. The van der Waals surface area contributed by atoms with Gasteiger partial charge in [0.25, 0.3) is 0 Å². The summed E-state index contributed by atoms with van der Waals surface area (Å²) in [6, 6.07) is 3.06. The lowest BCUT2D eigenvalue weighted by molar-refractivity contribution is 0.0698. The summed E-state index contributed by atoms with van der Waals surface area (Å²) in [5, 5.41) is 15.7. The molecule has 2 aromatic heterocycles. The van der Waals surface area contributed by atoms with E-state index in [0.29, 0.717) is 18.0 Å². The van der Waals surface area contributed by atoms with Crippen molar-refractivity contribution in [2.24, 2.45) is 0 Å². The maximum atomic E-state index is 11.0. The van der Waals surface area contributed by atoms with Crippen LogP contribution in [0.4, 0.5) is 11.5 Å². The Morgan fingerprint density at radius 1 is 1.56 bits per heavy atom. The summed E-state index contributed by atoms with van der Waals surface area (Å²) in [6.45, 7) is 2.13. The molecule has 7 heteroatoms. The number of anilines is 2. The van der Waals surface area contributed by atoms with Gasteiger partial charge in [-0.1, -0.05) is 5.16 Å². The molecule has 0 aliphatic rings. The molecule has 0 aliphatic carbocycles. The van der Waals surface area contributed by atoms with Crippen LogP contribution in [0.15, 0.2) is 22.9 Å². The average Bonchev–Trinajstić information content (AvgIpc) is 2.73. The number of pyridine rings is 1. The Morgan fingerprint density at radius 3 is 2.94 bits per heavy atom. The van der Waals surface area contributed by atoms with Gasteiger partial charge in [0.1, 0.15) is 5.82 Å². The van der Waals surface area contributed by atoms with Gasteiger partial charge in [-0.2, -0.15) is 0 Å². The fourth-order valence-corrected chi connectivity index (χ4v) is 1.47. The second-order valence-corrected chi connectivity index (χ2v) is 3.75. The molecule has 0 fully saturated rings. The van der Waals surface area contributed by atoms with Crippen LogP contribution in [0.25, 0.3) is 0 Å². The highest BCUT2D eigenvalue weighted by Gasteiger charge is 2.11. The molecule has 0 aliphatic heterocycles. The molecule has 94 valence electrons. The lowest BCUT2D eigenvalue weighted by Gasteiger charge is -2.07. The third kappa shape index (κ3) is 2.57. The van der Waals surface area contributed by atoms with Crippen molar-refractivity contribution in [3.05, 3.63) is 35.3 Å². The third-order valence-corrected chi connectivity index (χ3v) is 2.29. The van der Waals surface area contributed by atoms with E-state index in [1.54, 1.807) is 13.0 Å². The zero-order chi connectivity index (χ0) is 13.1. The first kappa shape index (κ1) is 11.9. The predicted octanol–water partition coefficient (Wildman–Crippen LogP) is 1.27. The van der Waals surface area contributed by atoms with Gasteiger partial charge in [-0.25, -0.2) is 9.78 Å². The first-order valence-corrected chi connectivity index (χ1v) is 5.21. The largest absolute Gasteiger partial charge is 0.478 e. The van der Waals surface area contributed by atoms with Gasteiger partial charge in [0, 0.05) is 6.07 Å². The number of aryl methyl sites for hydroxylation is 1. The van der Waals surface area contributed by atoms with Crippen molar-refractivity contribution < 1.29 is 14.4 Å². The Balaban J connectivity index is 2.16. The minimum absolute atomic E-state index is 0.0683. The third-order valence-electron chi connectivity index (χ3n) is 2.29. The highest BCUT2D eigenvalue weighted by molar-refractivity contribution is 5.94. The van der Waals surface area contributed by atoms with Crippen molar-refractivity contribution in [1.82, 2.24) is 10.1 Å². The van der Waals surface area contributed by atoms with Gasteiger partial charge in [-0.3, -0.25) is 0 Å². The first-order valence-electron chi connectivity index (χ1n) is 5.21. The Morgan fingerprint density at radius 2 is 2.33 bits per heavy atom. The summed E-state index contributed by atoms with van der Waals surface area (Å²) in [7, 11) is 0. The highest BCUT2D eigenvalue weighted by Crippen LogP contribution is 2.17. The number of carboxylic acids is 1. The first-order chi connectivity index (χ1) is 8.56. The topological polar surface area (TPSA) is 114 Å². The van der Waals surface area contributed by atoms with Gasteiger partial charge < -0.3 is 20.7 Å². The van der Waals surface area contributed by atoms with Crippen LogP contribution in [0, 0.1) is 6.92 Å². The minimum atomic E-state index is -1.07. The number of aromatic nitrogens is 2. The highest BCUT2D eigenvalue weighted by atomic mass is 16.5. The molecule has 2 rings (SSSR count). The molecule has 0 atom stereocenters. The van der Waals surface area contributed by atoms with Gasteiger partial charge in [-0.05, 0) is 13.0 Å². The van der Waals surface area contributed by atoms with Crippen LogP contribution in [0.3, 0.4) is 0 Å². The van der Waals surface area contributed by atoms with E-state index in [1.807, 2.05) is 0 Å². The number of carboxylic acid groups (broad SMARTS) is 1. The molecule has 0 amide bonds. The van der Waals surface area contributed by atoms with Crippen LogP contribution in [0.5, 0.6) is 0 Å². The molecule has 0 saturated heterocycles. The van der Waals surface area contributed by atoms with Crippen LogP contribution in [-0.2, 0) is 6.54 Å². The SMILES string of the molecule is Cc1cc(CNc2cnc(N)cc2C(=O)O)on1. The quantitative estimate of drug-likeness (QED) is 0.746. The van der Waals surface area contributed by atoms with Crippen LogP contribution in [-0.4, -0.2) is 21.2 Å². The van der Waals surface area contributed by atoms with Crippen molar-refractivity contribution in [2.75, 3.05) is 11.1 Å². The summed E-state index contributed by atoms with van der Waals surface area (Å²) < 4.78 is 5.01. The van der Waals surface area contributed by atoms with E-state index in [2.05, 4.69) is 15.5 Å². The number of hydrogen-bond donors (Lipinski definition) is 3. The number of nitrogens with one attached hydrogen (secondary N) is 1. The molecule has 0 radical (unpaired) electrons. The van der Waals surface area contributed by atoms with Crippen LogP contribution >= 0.6 is 0 Å². The van der Waals surface area contributed by atoms with Crippen LogP contribution < -0.4 is 11.1 Å². The zero-order valence-corrected chi connectivity index (χ0v) is 9.67. The van der Waals surface area contributed by atoms with E-state index in [1.165, 1.54) is 12.3 Å². The summed E-state index contributed by atoms with van der Waals surface area (Å²) in [6.07, 6.45) is 1.38. The van der Waals surface area contributed by atoms with Crippen molar-refractivity contribution in [3.8, 4) is 0 Å². The molecule has 0 saturated carbocycles. The van der Waals surface area contributed by atoms with E-state index in [4.69, 9.17) is 15.4 Å². The molecule has 2 heterocycles. The molecule has 0 spiro atoms. The lowest BCUT2D eigenvalue weighted by atomic mass is 10.2. The summed E-state index contributed by atoms with van der Waals surface area (Å²) in [4.78, 5) is 14.9. The number of carbonyl (C=O) groups is 1. The summed E-state index contributed by atoms with van der Waals surface area (Å²) in [5.74, 6) is -0.297. The van der Waals surface area contributed by atoms with Crippen LogP contribution in [0.2, 0.25) is 0 Å². The summed E-state index contributed by atoms with van der Waals surface area (Å²) >= 11 is 0. The fraction of sp³-hybridized carbons (Fsp3) is 0.182.